The molecule has 0 unspecified atom stereocenters. The van der Waals surface area contributed by atoms with E-state index in [0.717, 1.165) is 54.9 Å². The molecule has 1 aliphatic carbocycles. The highest BCUT2D eigenvalue weighted by molar-refractivity contribution is 5.58. The van der Waals surface area contributed by atoms with E-state index < -0.39 is 0 Å². The summed E-state index contributed by atoms with van der Waals surface area (Å²) >= 11 is 0. The molecule has 0 bridgehead atoms. The average Bonchev–Trinajstić information content (AvgIpc) is 2.37. The van der Waals surface area contributed by atoms with Gasteiger partial charge in [0, 0.05) is 37.9 Å². The van der Waals surface area contributed by atoms with E-state index >= 15 is 0 Å². The molecule has 2 fully saturated rings. The Bertz CT molecular complexity index is 534. The Kier molecular flexibility index (Phi) is 3.62. The van der Waals surface area contributed by atoms with E-state index in [1.807, 2.05) is 19.9 Å². The van der Waals surface area contributed by atoms with E-state index in [2.05, 4.69) is 20.9 Å². The minimum Gasteiger partial charge on any atom is -0.353 e. The summed E-state index contributed by atoms with van der Waals surface area (Å²) in [6.45, 7) is 8.18. The van der Waals surface area contributed by atoms with Crippen molar-refractivity contribution in [3.05, 3.63) is 22.9 Å². The van der Waals surface area contributed by atoms with Crippen LogP contribution in [0.4, 0.5) is 5.82 Å². The first-order chi connectivity index (χ1) is 9.69. The molecule has 2 heterocycles. The largest absolute Gasteiger partial charge is 0.353 e. The Morgan fingerprint density at radius 3 is 2.45 bits per heavy atom. The van der Waals surface area contributed by atoms with Gasteiger partial charge in [0.2, 0.25) is 0 Å². The van der Waals surface area contributed by atoms with Crippen molar-refractivity contribution in [1.82, 2.24) is 9.88 Å². The van der Waals surface area contributed by atoms with Crippen LogP contribution in [0, 0.1) is 25.2 Å². The molecule has 106 valence electrons. The first-order valence-corrected chi connectivity index (χ1v) is 7.56. The first-order valence-electron chi connectivity index (χ1n) is 7.56. The Morgan fingerprint density at radius 2 is 1.90 bits per heavy atom. The molecule has 3 rings (SSSR count). The van der Waals surface area contributed by atoms with Crippen LogP contribution in [0.25, 0.3) is 0 Å². The lowest BCUT2D eigenvalue weighted by Gasteiger charge is -2.43. The van der Waals surface area contributed by atoms with Crippen LogP contribution in [0.1, 0.15) is 36.1 Å². The molecule has 2 aliphatic rings. The molecule has 0 aromatic carbocycles. The first kappa shape index (κ1) is 13.4. The van der Waals surface area contributed by atoms with Crippen LogP contribution in [0.5, 0.6) is 0 Å². The topological polar surface area (TPSA) is 43.2 Å². The quantitative estimate of drug-likeness (QED) is 0.826. The van der Waals surface area contributed by atoms with E-state index in [1.165, 1.54) is 19.3 Å². The molecule has 20 heavy (non-hydrogen) atoms. The molecule has 1 aromatic heterocycles. The molecule has 0 N–H and O–H groups in total. The molecule has 1 saturated carbocycles. The Morgan fingerprint density at radius 1 is 1.20 bits per heavy atom. The van der Waals surface area contributed by atoms with Gasteiger partial charge in [0.25, 0.3) is 0 Å². The van der Waals surface area contributed by atoms with Crippen LogP contribution >= 0.6 is 0 Å². The molecule has 0 spiro atoms. The number of aromatic nitrogens is 1. The summed E-state index contributed by atoms with van der Waals surface area (Å²) in [5.41, 5.74) is 2.78. The molecule has 1 aliphatic heterocycles. The Hall–Kier alpha value is -1.60. The molecule has 4 nitrogen and oxygen atoms in total. The van der Waals surface area contributed by atoms with E-state index in [9.17, 15) is 5.26 Å². The van der Waals surface area contributed by atoms with Crippen LogP contribution in [-0.2, 0) is 0 Å². The van der Waals surface area contributed by atoms with Gasteiger partial charge in [-0.25, -0.2) is 4.98 Å². The number of anilines is 1. The van der Waals surface area contributed by atoms with Crippen molar-refractivity contribution in [1.29, 1.82) is 5.26 Å². The molecular formula is C16H22N4. The summed E-state index contributed by atoms with van der Waals surface area (Å²) in [6.07, 6.45) is 4.12. The van der Waals surface area contributed by atoms with Crippen molar-refractivity contribution in [2.45, 2.75) is 39.2 Å². The average molecular weight is 270 g/mol. The van der Waals surface area contributed by atoms with Gasteiger partial charge >= 0.3 is 0 Å². The van der Waals surface area contributed by atoms with Crippen LogP contribution < -0.4 is 4.90 Å². The van der Waals surface area contributed by atoms with Gasteiger partial charge in [0.05, 0.1) is 5.56 Å². The maximum atomic E-state index is 9.38. The predicted octanol–water partition coefficient (Wildman–Crippen LogP) is 2.24. The van der Waals surface area contributed by atoms with E-state index in [4.69, 9.17) is 0 Å². The van der Waals surface area contributed by atoms with Crippen molar-refractivity contribution in [3.8, 4) is 6.07 Å². The molecule has 0 radical (unpaired) electrons. The third-order valence-electron chi connectivity index (χ3n) is 4.64. The van der Waals surface area contributed by atoms with Gasteiger partial charge in [-0.15, -0.1) is 0 Å². The second-order valence-corrected chi connectivity index (χ2v) is 6.00. The summed E-state index contributed by atoms with van der Waals surface area (Å²) < 4.78 is 0. The van der Waals surface area contributed by atoms with Gasteiger partial charge in [-0.05, 0) is 38.3 Å². The molecule has 0 amide bonds. The van der Waals surface area contributed by atoms with Crippen molar-refractivity contribution >= 4 is 5.82 Å². The third-order valence-corrected chi connectivity index (χ3v) is 4.64. The molecular weight excluding hydrogens is 248 g/mol. The number of aryl methyl sites for hydroxylation is 2. The zero-order valence-electron chi connectivity index (χ0n) is 12.4. The number of hydrogen-bond donors (Lipinski definition) is 0. The van der Waals surface area contributed by atoms with Gasteiger partial charge < -0.3 is 4.90 Å². The SMILES string of the molecule is Cc1cc(C)c(C#N)c(N2CCN(C3CCC3)CC2)n1. The highest BCUT2D eigenvalue weighted by Crippen LogP contribution is 2.28. The van der Waals surface area contributed by atoms with Crippen LogP contribution in [0.3, 0.4) is 0 Å². The third kappa shape index (κ3) is 2.38. The minimum absolute atomic E-state index is 0.743. The standard InChI is InChI=1S/C16H22N4/c1-12-10-13(2)18-16(15(12)11-17)20-8-6-19(7-9-20)14-4-3-5-14/h10,14H,3-9H2,1-2H3. The maximum absolute atomic E-state index is 9.38. The molecule has 4 heteroatoms. The highest BCUT2D eigenvalue weighted by Gasteiger charge is 2.29. The lowest BCUT2D eigenvalue weighted by Crippen LogP contribution is -2.52. The number of hydrogen-bond acceptors (Lipinski definition) is 4. The highest BCUT2D eigenvalue weighted by atomic mass is 15.3. The fourth-order valence-electron chi connectivity index (χ4n) is 3.23. The van der Waals surface area contributed by atoms with Gasteiger partial charge in [-0.2, -0.15) is 5.26 Å². The van der Waals surface area contributed by atoms with Gasteiger partial charge in [0.1, 0.15) is 11.9 Å². The van der Waals surface area contributed by atoms with Gasteiger partial charge in [0.15, 0.2) is 0 Å². The fraction of sp³-hybridized carbons (Fsp3) is 0.625. The summed E-state index contributed by atoms with van der Waals surface area (Å²) in [5, 5.41) is 9.38. The zero-order chi connectivity index (χ0) is 14.1. The smallest absolute Gasteiger partial charge is 0.147 e. The van der Waals surface area contributed by atoms with E-state index in [-0.39, 0.29) is 0 Å². The van der Waals surface area contributed by atoms with Crippen molar-refractivity contribution in [2.75, 3.05) is 31.1 Å². The monoisotopic (exact) mass is 270 g/mol. The van der Waals surface area contributed by atoms with E-state index in [0.29, 0.717) is 0 Å². The number of piperazine rings is 1. The normalized spacial score (nSPS) is 20.6. The van der Waals surface area contributed by atoms with Crippen LogP contribution in [-0.4, -0.2) is 42.1 Å². The number of rotatable bonds is 2. The lowest BCUT2D eigenvalue weighted by molar-refractivity contribution is 0.120. The summed E-state index contributed by atoms with van der Waals surface area (Å²) in [6, 6.07) is 5.14. The second-order valence-electron chi connectivity index (χ2n) is 6.00. The lowest BCUT2D eigenvalue weighted by atomic mass is 9.91. The summed E-state index contributed by atoms with van der Waals surface area (Å²) in [7, 11) is 0. The van der Waals surface area contributed by atoms with Crippen molar-refractivity contribution in [2.24, 2.45) is 0 Å². The van der Waals surface area contributed by atoms with Crippen molar-refractivity contribution < 1.29 is 0 Å². The summed E-state index contributed by atoms with van der Waals surface area (Å²) in [5.74, 6) is 0.887. The number of nitrogens with zero attached hydrogens (tertiary/aromatic N) is 4. The number of pyridine rings is 1. The molecule has 1 aromatic rings. The fourth-order valence-corrected chi connectivity index (χ4v) is 3.23. The minimum atomic E-state index is 0.743. The zero-order valence-corrected chi connectivity index (χ0v) is 12.4. The van der Waals surface area contributed by atoms with Crippen LogP contribution in [0.15, 0.2) is 6.07 Å². The van der Waals surface area contributed by atoms with Crippen molar-refractivity contribution in [3.63, 3.8) is 0 Å². The second kappa shape index (κ2) is 5.41. The predicted molar refractivity (Wildman–Crippen MR) is 79.9 cm³/mol. The molecule has 0 atom stereocenters. The van der Waals surface area contributed by atoms with Gasteiger partial charge in [-0.1, -0.05) is 6.42 Å². The summed E-state index contributed by atoms with van der Waals surface area (Å²) in [4.78, 5) is 9.51. The Labute approximate surface area is 121 Å². The molecule has 1 saturated heterocycles. The van der Waals surface area contributed by atoms with E-state index in [1.54, 1.807) is 0 Å². The number of nitriles is 1. The van der Waals surface area contributed by atoms with Crippen LogP contribution in [0.2, 0.25) is 0 Å². The van der Waals surface area contributed by atoms with Gasteiger partial charge in [-0.3, -0.25) is 4.90 Å². The maximum Gasteiger partial charge on any atom is 0.147 e. The Balaban J connectivity index is 1.76.